The fraction of sp³-hybridized carbons (Fsp3) is 0.625. The van der Waals surface area contributed by atoms with Gasteiger partial charge in [0.2, 0.25) is 0 Å². The molecule has 0 radical (unpaired) electrons. The van der Waals surface area contributed by atoms with E-state index in [1.54, 1.807) is 7.11 Å². The highest BCUT2D eigenvalue weighted by Crippen LogP contribution is 2.32. The Bertz CT molecular complexity index is 400. The predicted octanol–water partition coefficient (Wildman–Crippen LogP) is 5.12. The van der Waals surface area contributed by atoms with Crippen molar-refractivity contribution in [2.24, 2.45) is 5.92 Å². The quantitative estimate of drug-likeness (QED) is 0.809. The van der Waals surface area contributed by atoms with Crippen LogP contribution in [-0.4, -0.2) is 13.2 Å². The van der Waals surface area contributed by atoms with Crippen molar-refractivity contribution >= 4 is 17.3 Å². The molecule has 1 aliphatic carbocycles. The predicted molar refractivity (Wildman–Crippen MR) is 82.3 cm³/mol. The lowest BCUT2D eigenvalue weighted by atomic mass is 9.83. The van der Waals surface area contributed by atoms with Crippen LogP contribution >= 0.6 is 11.6 Å². The lowest BCUT2D eigenvalue weighted by Crippen LogP contribution is -2.26. The number of nitrogens with one attached hydrogen (secondary N) is 1. The summed E-state index contributed by atoms with van der Waals surface area (Å²) in [5.74, 6) is 1.69. The SMILES string of the molecule is CCCC1CCC(Nc2ccc(Cl)c(OC)c2)CC1. The zero-order valence-corrected chi connectivity index (χ0v) is 12.7. The molecule has 3 heteroatoms. The molecule has 19 heavy (non-hydrogen) atoms. The van der Waals surface area contributed by atoms with Gasteiger partial charge in [-0.25, -0.2) is 0 Å². The van der Waals surface area contributed by atoms with E-state index in [1.807, 2.05) is 18.2 Å². The van der Waals surface area contributed by atoms with E-state index in [4.69, 9.17) is 16.3 Å². The Morgan fingerprint density at radius 2 is 2.00 bits per heavy atom. The average molecular weight is 282 g/mol. The standard InChI is InChI=1S/C16H24ClNO/c1-3-4-12-5-7-13(8-6-12)18-14-9-10-15(17)16(11-14)19-2/h9-13,18H,3-8H2,1-2H3. The fourth-order valence-corrected chi connectivity index (χ4v) is 3.18. The minimum absolute atomic E-state index is 0.596. The first-order valence-corrected chi connectivity index (χ1v) is 7.70. The smallest absolute Gasteiger partial charge is 0.139 e. The van der Waals surface area contributed by atoms with E-state index in [-0.39, 0.29) is 0 Å². The molecule has 0 aromatic heterocycles. The Morgan fingerprint density at radius 3 is 2.63 bits per heavy atom. The Labute approximate surface area is 121 Å². The first kappa shape index (κ1) is 14.5. The van der Waals surface area contributed by atoms with E-state index < -0.39 is 0 Å². The molecule has 1 N–H and O–H groups in total. The van der Waals surface area contributed by atoms with Crippen molar-refractivity contribution in [1.82, 2.24) is 0 Å². The molecule has 0 amide bonds. The first-order chi connectivity index (χ1) is 9.22. The normalized spacial score (nSPS) is 23.1. The van der Waals surface area contributed by atoms with Gasteiger partial charge in [-0.15, -0.1) is 0 Å². The van der Waals surface area contributed by atoms with Crippen LogP contribution in [0, 0.1) is 5.92 Å². The van der Waals surface area contributed by atoms with Crippen LogP contribution in [0.2, 0.25) is 5.02 Å². The fourth-order valence-electron chi connectivity index (χ4n) is 2.99. The minimum atomic E-state index is 0.596. The molecule has 0 aliphatic heterocycles. The second-order valence-corrected chi connectivity index (χ2v) is 5.91. The summed E-state index contributed by atoms with van der Waals surface area (Å²) < 4.78 is 5.25. The maximum Gasteiger partial charge on any atom is 0.139 e. The number of ether oxygens (including phenoxy) is 1. The maximum atomic E-state index is 6.04. The molecule has 0 saturated heterocycles. The molecule has 0 unspecified atom stereocenters. The molecule has 1 saturated carbocycles. The van der Waals surface area contributed by atoms with Gasteiger partial charge in [0.1, 0.15) is 5.75 Å². The number of hydrogen-bond donors (Lipinski definition) is 1. The lowest BCUT2D eigenvalue weighted by molar-refractivity contribution is 0.319. The average Bonchev–Trinajstić information content (AvgIpc) is 2.43. The van der Waals surface area contributed by atoms with Crippen molar-refractivity contribution in [2.45, 2.75) is 51.5 Å². The molecule has 0 heterocycles. The third kappa shape index (κ3) is 4.04. The Kier molecular flexibility index (Phi) is 5.38. The number of benzene rings is 1. The number of methoxy groups -OCH3 is 1. The van der Waals surface area contributed by atoms with Crippen LogP contribution in [0.5, 0.6) is 5.75 Å². The summed E-state index contributed by atoms with van der Waals surface area (Å²) in [4.78, 5) is 0. The Hall–Kier alpha value is -0.890. The van der Waals surface area contributed by atoms with Crippen LogP contribution in [0.3, 0.4) is 0 Å². The first-order valence-electron chi connectivity index (χ1n) is 7.33. The van der Waals surface area contributed by atoms with Crippen LogP contribution in [0.25, 0.3) is 0 Å². The second kappa shape index (κ2) is 7.04. The number of anilines is 1. The summed E-state index contributed by atoms with van der Waals surface area (Å²) in [6, 6.07) is 6.51. The van der Waals surface area contributed by atoms with E-state index in [1.165, 1.54) is 38.5 Å². The molecule has 106 valence electrons. The van der Waals surface area contributed by atoms with Crippen LogP contribution in [0.15, 0.2) is 18.2 Å². The van der Waals surface area contributed by atoms with E-state index >= 15 is 0 Å². The van der Waals surface area contributed by atoms with Crippen LogP contribution in [0.1, 0.15) is 45.4 Å². The Morgan fingerprint density at radius 1 is 1.26 bits per heavy atom. The molecule has 0 spiro atoms. The topological polar surface area (TPSA) is 21.3 Å². The Balaban J connectivity index is 1.88. The van der Waals surface area contributed by atoms with E-state index in [0.717, 1.165) is 17.4 Å². The van der Waals surface area contributed by atoms with E-state index in [2.05, 4.69) is 12.2 Å². The third-order valence-electron chi connectivity index (χ3n) is 4.07. The van der Waals surface area contributed by atoms with Crippen molar-refractivity contribution in [1.29, 1.82) is 0 Å². The number of halogens is 1. The molecule has 0 bridgehead atoms. The number of rotatable bonds is 5. The largest absolute Gasteiger partial charge is 0.495 e. The summed E-state index contributed by atoms with van der Waals surface area (Å²) in [6.45, 7) is 2.28. The molecular weight excluding hydrogens is 258 g/mol. The summed E-state index contributed by atoms with van der Waals surface area (Å²) in [5.41, 5.74) is 1.11. The highest BCUT2D eigenvalue weighted by Gasteiger charge is 2.20. The molecule has 2 rings (SSSR count). The van der Waals surface area contributed by atoms with Gasteiger partial charge >= 0.3 is 0 Å². The minimum Gasteiger partial charge on any atom is -0.495 e. The summed E-state index contributed by atoms with van der Waals surface area (Å²) in [5, 5.41) is 4.27. The van der Waals surface area contributed by atoms with Crippen LogP contribution < -0.4 is 10.1 Å². The van der Waals surface area contributed by atoms with Gasteiger partial charge < -0.3 is 10.1 Å². The summed E-state index contributed by atoms with van der Waals surface area (Å²) >= 11 is 6.04. The van der Waals surface area contributed by atoms with Gasteiger partial charge in [0.25, 0.3) is 0 Å². The lowest BCUT2D eigenvalue weighted by Gasteiger charge is -2.29. The van der Waals surface area contributed by atoms with Gasteiger partial charge in [0.05, 0.1) is 12.1 Å². The highest BCUT2D eigenvalue weighted by molar-refractivity contribution is 6.32. The zero-order chi connectivity index (χ0) is 13.7. The van der Waals surface area contributed by atoms with Crippen molar-refractivity contribution in [3.63, 3.8) is 0 Å². The van der Waals surface area contributed by atoms with Crippen LogP contribution in [-0.2, 0) is 0 Å². The molecule has 1 aromatic rings. The monoisotopic (exact) mass is 281 g/mol. The second-order valence-electron chi connectivity index (χ2n) is 5.50. The van der Waals surface area contributed by atoms with Gasteiger partial charge in [-0.05, 0) is 43.7 Å². The van der Waals surface area contributed by atoms with Gasteiger partial charge in [0, 0.05) is 17.8 Å². The third-order valence-corrected chi connectivity index (χ3v) is 4.38. The molecule has 0 atom stereocenters. The van der Waals surface area contributed by atoms with E-state index in [0.29, 0.717) is 11.1 Å². The zero-order valence-electron chi connectivity index (χ0n) is 11.9. The van der Waals surface area contributed by atoms with Gasteiger partial charge in [-0.1, -0.05) is 31.4 Å². The van der Waals surface area contributed by atoms with E-state index in [9.17, 15) is 0 Å². The number of hydrogen-bond acceptors (Lipinski definition) is 2. The van der Waals surface area contributed by atoms with Crippen LogP contribution in [0.4, 0.5) is 5.69 Å². The summed E-state index contributed by atoms with van der Waals surface area (Å²) in [7, 11) is 1.65. The molecule has 2 nitrogen and oxygen atoms in total. The molecule has 1 aromatic carbocycles. The molecular formula is C16H24ClNO. The molecule has 1 fully saturated rings. The molecule has 1 aliphatic rings. The van der Waals surface area contributed by atoms with Crippen molar-refractivity contribution in [2.75, 3.05) is 12.4 Å². The summed E-state index contributed by atoms with van der Waals surface area (Å²) in [6.07, 6.45) is 7.97. The van der Waals surface area contributed by atoms with Gasteiger partial charge in [-0.2, -0.15) is 0 Å². The van der Waals surface area contributed by atoms with Crippen molar-refractivity contribution in [3.8, 4) is 5.75 Å². The van der Waals surface area contributed by atoms with Crippen molar-refractivity contribution in [3.05, 3.63) is 23.2 Å². The van der Waals surface area contributed by atoms with Crippen molar-refractivity contribution < 1.29 is 4.74 Å². The maximum absolute atomic E-state index is 6.04. The van der Waals surface area contributed by atoms with Gasteiger partial charge in [0.15, 0.2) is 0 Å². The van der Waals surface area contributed by atoms with Gasteiger partial charge in [-0.3, -0.25) is 0 Å². The highest BCUT2D eigenvalue weighted by atomic mass is 35.5.